The van der Waals surface area contributed by atoms with Gasteiger partial charge in [0.05, 0.1) is 31.8 Å². The standard InChI is InChI=1S/C17H20O4/c1-19-10-17(9-18)11-20-16(21-12-17)15-8-4-6-13-5-2-3-7-14(13)15/h2-8,16,18H,9-12H2,1H3. The fraction of sp³-hybridized carbons (Fsp3) is 0.412. The fourth-order valence-corrected chi connectivity index (χ4v) is 2.76. The van der Waals surface area contributed by atoms with Crippen molar-refractivity contribution in [3.63, 3.8) is 0 Å². The molecule has 0 saturated carbocycles. The molecule has 2 aromatic carbocycles. The normalized spacial score (nSPS) is 26.1. The number of aliphatic hydroxyl groups is 1. The Balaban J connectivity index is 1.83. The van der Waals surface area contributed by atoms with Gasteiger partial charge in [-0.1, -0.05) is 42.5 Å². The number of rotatable bonds is 4. The topological polar surface area (TPSA) is 47.9 Å². The molecule has 1 aliphatic rings. The Hall–Kier alpha value is -1.46. The smallest absolute Gasteiger partial charge is 0.184 e. The lowest BCUT2D eigenvalue weighted by atomic mass is 9.91. The van der Waals surface area contributed by atoms with Crippen molar-refractivity contribution < 1.29 is 19.3 Å². The van der Waals surface area contributed by atoms with Gasteiger partial charge in [-0.2, -0.15) is 0 Å². The molecule has 0 amide bonds. The van der Waals surface area contributed by atoms with E-state index in [0.717, 1.165) is 16.3 Å². The van der Waals surface area contributed by atoms with Crippen molar-refractivity contribution in [2.45, 2.75) is 6.29 Å². The highest BCUT2D eigenvalue weighted by molar-refractivity contribution is 5.85. The average molecular weight is 288 g/mol. The van der Waals surface area contributed by atoms with Crippen LogP contribution in [0.25, 0.3) is 10.8 Å². The predicted molar refractivity (Wildman–Crippen MR) is 80.0 cm³/mol. The Morgan fingerprint density at radius 3 is 2.57 bits per heavy atom. The third-order valence-electron chi connectivity index (χ3n) is 3.95. The second-order valence-electron chi connectivity index (χ2n) is 5.61. The van der Waals surface area contributed by atoms with Crippen LogP contribution in [-0.4, -0.2) is 38.6 Å². The van der Waals surface area contributed by atoms with Gasteiger partial charge in [0.25, 0.3) is 0 Å². The summed E-state index contributed by atoms with van der Waals surface area (Å²) in [5, 5.41) is 11.9. The van der Waals surface area contributed by atoms with Gasteiger partial charge in [0.2, 0.25) is 0 Å². The zero-order valence-electron chi connectivity index (χ0n) is 12.1. The molecule has 0 spiro atoms. The van der Waals surface area contributed by atoms with Crippen molar-refractivity contribution in [3.8, 4) is 0 Å². The summed E-state index contributed by atoms with van der Waals surface area (Å²) in [6.07, 6.45) is -0.396. The van der Waals surface area contributed by atoms with Crippen LogP contribution in [0, 0.1) is 5.41 Å². The average Bonchev–Trinajstić information content (AvgIpc) is 2.55. The number of benzene rings is 2. The monoisotopic (exact) mass is 288 g/mol. The van der Waals surface area contributed by atoms with E-state index in [2.05, 4.69) is 18.2 Å². The molecule has 1 saturated heterocycles. The SMILES string of the molecule is COCC1(CO)COC(c2cccc3ccccc23)OC1. The molecule has 1 fully saturated rings. The molecule has 2 aromatic rings. The van der Waals surface area contributed by atoms with Crippen LogP contribution < -0.4 is 0 Å². The summed E-state index contributed by atoms with van der Waals surface area (Å²) in [7, 11) is 1.62. The lowest BCUT2D eigenvalue weighted by Crippen LogP contribution is -2.45. The summed E-state index contributed by atoms with van der Waals surface area (Å²) >= 11 is 0. The van der Waals surface area contributed by atoms with Gasteiger partial charge in [0.15, 0.2) is 6.29 Å². The highest BCUT2D eigenvalue weighted by Gasteiger charge is 2.37. The highest BCUT2D eigenvalue weighted by Crippen LogP contribution is 2.34. The first-order valence-electron chi connectivity index (χ1n) is 7.09. The van der Waals surface area contributed by atoms with Gasteiger partial charge >= 0.3 is 0 Å². The first-order valence-corrected chi connectivity index (χ1v) is 7.09. The summed E-state index contributed by atoms with van der Waals surface area (Å²) in [6.45, 7) is 1.26. The third kappa shape index (κ3) is 2.80. The Labute approximate surface area is 124 Å². The molecule has 1 heterocycles. The summed E-state index contributed by atoms with van der Waals surface area (Å²) in [6, 6.07) is 14.3. The fourth-order valence-electron chi connectivity index (χ4n) is 2.76. The van der Waals surface area contributed by atoms with Crippen molar-refractivity contribution in [2.24, 2.45) is 5.41 Å². The number of hydrogen-bond donors (Lipinski definition) is 1. The van der Waals surface area contributed by atoms with Crippen LogP contribution in [0.2, 0.25) is 0 Å². The molecule has 21 heavy (non-hydrogen) atoms. The zero-order valence-corrected chi connectivity index (χ0v) is 12.1. The van der Waals surface area contributed by atoms with Crippen molar-refractivity contribution in [1.29, 1.82) is 0 Å². The van der Waals surface area contributed by atoms with Crippen LogP contribution in [0.5, 0.6) is 0 Å². The lowest BCUT2D eigenvalue weighted by molar-refractivity contribution is -0.249. The highest BCUT2D eigenvalue weighted by atomic mass is 16.7. The number of methoxy groups -OCH3 is 1. The van der Waals surface area contributed by atoms with Crippen molar-refractivity contribution in [1.82, 2.24) is 0 Å². The molecular formula is C17H20O4. The Morgan fingerprint density at radius 2 is 1.86 bits per heavy atom. The molecule has 0 aliphatic carbocycles. The van der Waals surface area contributed by atoms with E-state index in [9.17, 15) is 5.11 Å². The van der Waals surface area contributed by atoms with Crippen LogP contribution in [-0.2, 0) is 14.2 Å². The Morgan fingerprint density at radius 1 is 1.14 bits per heavy atom. The summed E-state index contributed by atoms with van der Waals surface area (Å²) < 4.78 is 16.9. The third-order valence-corrected chi connectivity index (χ3v) is 3.95. The molecule has 4 heteroatoms. The number of ether oxygens (including phenoxy) is 3. The minimum atomic E-state index is -0.462. The van der Waals surface area contributed by atoms with Crippen molar-refractivity contribution in [2.75, 3.05) is 33.5 Å². The van der Waals surface area contributed by atoms with Gasteiger partial charge in [0, 0.05) is 12.7 Å². The van der Waals surface area contributed by atoms with E-state index in [1.165, 1.54) is 0 Å². The van der Waals surface area contributed by atoms with E-state index in [0.29, 0.717) is 19.8 Å². The molecule has 0 bridgehead atoms. The van der Waals surface area contributed by atoms with Gasteiger partial charge in [-0.05, 0) is 10.8 Å². The zero-order chi connectivity index (χ0) is 14.7. The van der Waals surface area contributed by atoms with Crippen molar-refractivity contribution in [3.05, 3.63) is 48.0 Å². The quantitative estimate of drug-likeness (QED) is 0.939. The van der Waals surface area contributed by atoms with Gasteiger partial charge < -0.3 is 19.3 Å². The summed E-state index contributed by atoms with van der Waals surface area (Å²) in [4.78, 5) is 0. The van der Waals surface area contributed by atoms with Gasteiger partial charge in [-0.25, -0.2) is 0 Å². The molecular weight excluding hydrogens is 268 g/mol. The Kier molecular flexibility index (Phi) is 4.22. The number of fused-ring (bicyclic) bond motifs is 1. The molecule has 0 atom stereocenters. The van der Waals surface area contributed by atoms with Crippen LogP contribution in [0.3, 0.4) is 0 Å². The second kappa shape index (κ2) is 6.12. The van der Waals surface area contributed by atoms with Gasteiger partial charge in [-0.15, -0.1) is 0 Å². The predicted octanol–water partition coefficient (Wildman–Crippen LogP) is 2.51. The largest absolute Gasteiger partial charge is 0.396 e. The maximum Gasteiger partial charge on any atom is 0.184 e. The van der Waals surface area contributed by atoms with Crippen LogP contribution in [0.15, 0.2) is 42.5 Å². The molecule has 1 aliphatic heterocycles. The van der Waals surface area contributed by atoms with E-state index in [4.69, 9.17) is 14.2 Å². The molecule has 0 aromatic heterocycles. The van der Waals surface area contributed by atoms with Crippen molar-refractivity contribution >= 4 is 10.8 Å². The molecule has 3 rings (SSSR count). The minimum Gasteiger partial charge on any atom is -0.396 e. The minimum absolute atomic E-state index is 0.0108. The molecule has 0 radical (unpaired) electrons. The first kappa shape index (κ1) is 14.5. The number of hydrogen-bond acceptors (Lipinski definition) is 4. The van der Waals surface area contributed by atoms with E-state index in [1.807, 2.05) is 24.3 Å². The van der Waals surface area contributed by atoms with E-state index >= 15 is 0 Å². The molecule has 1 N–H and O–H groups in total. The molecule has 0 unspecified atom stereocenters. The second-order valence-corrected chi connectivity index (χ2v) is 5.61. The van der Waals surface area contributed by atoms with Gasteiger partial charge in [0.1, 0.15) is 0 Å². The Bertz CT molecular complexity index is 597. The number of aliphatic hydroxyl groups excluding tert-OH is 1. The summed E-state index contributed by atoms with van der Waals surface area (Å²) in [5.41, 5.74) is 0.563. The van der Waals surface area contributed by atoms with Crippen LogP contribution in [0.1, 0.15) is 11.9 Å². The van der Waals surface area contributed by atoms with Crippen LogP contribution in [0.4, 0.5) is 0 Å². The van der Waals surface area contributed by atoms with Gasteiger partial charge in [-0.3, -0.25) is 0 Å². The maximum absolute atomic E-state index is 9.56. The van der Waals surface area contributed by atoms with E-state index < -0.39 is 11.7 Å². The van der Waals surface area contributed by atoms with Crippen LogP contribution >= 0.6 is 0 Å². The molecule has 4 nitrogen and oxygen atoms in total. The van der Waals surface area contributed by atoms with E-state index in [1.54, 1.807) is 7.11 Å². The first-order chi connectivity index (χ1) is 10.3. The maximum atomic E-state index is 9.56. The lowest BCUT2D eigenvalue weighted by Gasteiger charge is -2.38. The van der Waals surface area contributed by atoms with E-state index in [-0.39, 0.29) is 6.61 Å². The molecule has 112 valence electrons. The summed E-state index contributed by atoms with van der Waals surface area (Å²) in [5.74, 6) is 0.